The monoisotopic (exact) mass is 272 g/mol. The second-order valence-corrected chi connectivity index (χ2v) is 4.96. The smallest absolute Gasteiger partial charge is 0.338 e. The van der Waals surface area contributed by atoms with Crippen LogP contribution in [-0.4, -0.2) is 12.1 Å². The van der Waals surface area contributed by atoms with Gasteiger partial charge in [-0.15, -0.1) is 0 Å². The van der Waals surface area contributed by atoms with E-state index in [0.717, 1.165) is 25.7 Å². The molecular weight excluding hydrogens is 257 g/mol. The molecule has 1 aromatic carbocycles. The Kier molecular flexibility index (Phi) is 4.12. The van der Waals surface area contributed by atoms with Gasteiger partial charge in [-0.25, -0.2) is 18.0 Å². The first kappa shape index (κ1) is 13.9. The average Bonchev–Trinajstić information content (AvgIpc) is 2.38. The van der Waals surface area contributed by atoms with Gasteiger partial charge in [0.25, 0.3) is 0 Å². The minimum atomic E-state index is -1.58. The van der Waals surface area contributed by atoms with Crippen molar-refractivity contribution in [1.29, 1.82) is 0 Å². The van der Waals surface area contributed by atoms with Gasteiger partial charge >= 0.3 is 5.97 Å². The largest absolute Gasteiger partial charge is 0.458 e. The van der Waals surface area contributed by atoms with Gasteiger partial charge < -0.3 is 4.74 Å². The van der Waals surface area contributed by atoms with Gasteiger partial charge in [0.15, 0.2) is 17.5 Å². The van der Waals surface area contributed by atoms with Crippen molar-refractivity contribution in [2.45, 2.75) is 38.7 Å². The molecule has 2 nitrogen and oxygen atoms in total. The quantitative estimate of drug-likeness (QED) is 0.604. The van der Waals surface area contributed by atoms with Crippen LogP contribution in [0.4, 0.5) is 13.2 Å². The maximum Gasteiger partial charge on any atom is 0.338 e. The maximum atomic E-state index is 13.0. The summed E-state index contributed by atoms with van der Waals surface area (Å²) in [4.78, 5) is 11.8. The van der Waals surface area contributed by atoms with Crippen LogP contribution in [0.2, 0.25) is 0 Å². The van der Waals surface area contributed by atoms with E-state index < -0.39 is 23.4 Å². The molecule has 5 heteroatoms. The third kappa shape index (κ3) is 3.08. The van der Waals surface area contributed by atoms with Crippen LogP contribution in [0.25, 0.3) is 0 Å². The summed E-state index contributed by atoms with van der Waals surface area (Å²) in [6.45, 7) is 1.98. The number of benzene rings is 1. The molecule has 1 aliphatic carbocycles. The highest BCUT2D eigenvalue weighted by atomic mass is 19.2. The van der Waals surface area contributed by atoms with Crippen molar-refractivity contribution in [2.24, 2.45) is 5.92 Å². The minimum Gasteiger partial charge on any atom is -0.458 e. The second-order valence-electron chi connectivity index (χ2n) is 4.96. The fraction of sp³-hybridized carbons (Fsp3) is 0.500. The van der Waals surface area contributed by atoms with Crippen LogP contribution in [0.15, 0.2) is 12.1 Å². The molecule has 1 fully saturated rings. The minimum absolute atomic E-state index is 0.229. The first-order valence-electron chi connectivity index (χ1n) is 6.34. The molecule has 1 aromatic rings. The highest BCUT2D eigenvalue weighted by molar-refractivity contribution is 5.89. The van der Waals surface area contributed by atoms with Crippen molar-refractivity contribution in [3.8, 4) is 0 Å². The van der Waals surface area contributed by atoms with E-state index in [0.29, 0.717) is 12.1 Å². The zero-order valence-corrected chi connectivity index (χ0v) is 10.6. The fourth-order valence-corrected chi connectivity index (χ4v) is 2.34. The Labute approximate surface area is 109 Å². The zero-order chi connectivity index (χ0) is 14.0. The maximum absolute atomic E-state index is 13.0. The highest BCUT2D eigenvalue weighted by Crippen LogP contribution is 2.27. The summed E-state index contributed by atoms with van der Waals surface area (Å²) in [7, 11) is 0. The molecule has 2 rings (SSSR count). The first-order chi connectivity index (χ1) is 8.99. The Balaban J connectivity index is 2.11. The van der Waals surface area contributed by atoms with Crippen molar-refractivity contribution >= 4 is 5.97 Å². The molecule has 1 aliphatic rings. The number of carbonyl (C=O) groups excluding carboxylic acids is 1. The van der Waals surface area contributed by atoms with Crippen LogP contribution in [0.5, 0.6) is 0 Å². The average molecular weight is 272 g/mol. The van der Waals surface area contributed by atoms with E-state index in [1.165, 1.54) is 0 Å². The van der Waals surface area contributed by atoms with Crippen LogP contribution in [0.1, 0.15) is 43.0 Å². The molecule has 0 heterocycles. The molecule has 0 aliphatic heterocycles. The lowest BCUT2D eigenvalue weighted by molar-refractivity contribution is 0.00470. The van der Waals surface area contributed by atoms with Gasteiger partial charge in [-0.3, -0.25) is 0 Å². The standard InChI is InChI=1S/C14H15F3O2/c1-8-4-2-3-5-12(8)19-14(18)9-6-10(15)13(17)11(16)7-9/h6-8,12H,2-5H2,1H3. The number of hydrogen-bond donors (Lipinski definition) is 0. The third-order valence-corrected chi connectivity index (χ3v) is 3.51. The summed E-state index contributed by atoms with van der Waals surface area (Å²) in [5, 5.41) is 0. The Hall–Kier alpha value is -1.52. The van der Waals surface area contributed by atoms with Gasteiger partial charge in [-0.05, 0) is 37.3 Å². The highest BCUT2D eigenvalue weighted by Gasteiger charge is 2.26. The molecule has 0 aromatic heterocycles. The molecule has 19 heavy (non-hydrogen) atoms. The molecule has 2 unspecified atom stereocenters. The summed E-state index contributed by atoms with van der Waals surface area (Å²) in [6, 6.07) is 1.32. The van der Waals surface area contributed by atoms with Crippen molar-refractivity contribution in [3.05, 3.63) is 35.1 Å². The van der Waals surface area contributed by atoms with Crippen molar-refractivity contribution in [1.82, 2.24) is 0 Å². The summed E-state index contributed by atoms with van der Waals surface area (Å²) in [5.41, 5.74) is -0.297. The lowest BCUT2D eigenvalue weighted by atomic mass is 9.88. The van der Waals surface area contributed by atoms with Crippen molar-refractivity contribution in [3.63, 3.8) is 0 Å². The lowest BCUT2D eigenvalue weighted by Gasteiger charge is -2.28. The molecule has 0 radical (unpaired) electrons. The predicted octanol–water partition coefficient (Wildman–Crippen LogP) is 3.84. The molecule has 104 valence electrons. The van der Waals surface area contributed by atoms with Gasteiger partial charge in [0.05, 0.1) is 5.56 Å². The van der Waals surface area contributed by atoms with E-state index in [1.54, 1.807) is 0 Å². The molecule has 0 saturated heterocycles. The number of hydrogen-bond acceptors (Lipinski definition) is 2. The normalized spacial score (nSPS) is 23.2. The van der Waals surface area contributed by atoms with Crippen molar-refractivity contribution in [2.75, 3.05) is 0 Å². The van der Waals surface area contributed by atoms with Crippen LogP contribution in [-0.2, 0) is 4.74 Å². The summed E-state index contributed by atoms with van der Waals surface area (Å²) >= 11 is 0. The molecule has 2 atom stereocenters. The topological polar surface area (TPSA) is 26.3 Å². The molecule has 0 spiro atoms. The summed E-state index contributed by atoms with van der Waals surface area (Å²) < 4.78 is 44.1. The van der Waals surface area contributed by atoms with Crippen LogP contribution < -0.4 is 0 Å². The van der Waals surface area contributed by atoms with Crippen LogP contribution in [0, 0.1) is 23.4 Å². The third-order valence-electron chi connectivity index (χ3n) is 3.51. The lowest BCUT2D eigenvalue weighted by Crippen LogP contribution is -2.28. The predicted molar refractivity (Wildman–Crippen MR) is 63.2 cm³/mol. The number of carbonyl (C=O) groups is 1. The molecular formula is C14H15F3O2. The van der Waals surface area contributed by atoms with E-state index in [-0.39, 0.29) is 17.6 Å². The molecule has 0 N–H and O–H groups in total. The van der Waals surface area contributed by atoms with Crippen molar-refractivity contribution < 1.29 is 22.7 Å². The van der Waals surface area contributed by atoms with Gasteiger partial charge in [-0.2, -0.15) is 0 Å². The van der Waals surface area contributed by atoms with Crippen LogP contribution >= 0.6 is 0 Å². The molecule has 0 bridgehead atoms. The summed E-state index contributed by atoms with van der Waals surface area (Å²) in [5.74, 6) is -4.93. The number of halogens is 3. The Bertz CT molecular complexity index is 465. The number of rotatable bonds is 2. The Morgan fingerprint density at radius 1 is 1.16 bits per heavy atom. The Morgan fingerprint density at radius 2 is 1.74 bits per heavy atom. The number of ether oxygens (including phenoxy) is 1. The first-order valence-corrected chi connectivity index (χ1v) is 6.34. The molecule has 0 amide bonds. The Morgan fingerprint density at radius 3 is 2.32 bits per heavy atom. The zero-order valence-electron chi connectivity index (χ0n) is 10.6. The van der Waals surface area contributed by atoms with E-state index >= 15 is 0 Å². The SMILES string of the molecule is CC1CCCCC1OC(=O)c1cc(F)c(F)c(F)c1. The van der Waals surface area contributed by atoms with E-state index in [1.807, 2.05) is 6.92 Å². The molecule has 1 saturated carbocycles. The van der Waals surface area contributed by atoms with E-state index in [9.17, 15) is 18.0 Å². The summed E-state index contributed by atoms with van der Waals surface area (Å²) in [6.07, 6.45) is 3.53. The van der Waals surface area contributed by atoms with Gasteiger partial charge in [0.2, 0.25) is 0 Å². The van der Waals surface area contributed by atoms with E-state index in [2.05, 4.69) is 0 Å². The second kappa shape index (κ2) is 5.63. The van der Waals surface area contributed by atoms with Gasteiger partial charge in [0, 0.05) is 0 Å². The van der Waals surface area contributed by atoms with E-state index in [4.69, 9.17) is 4.74 Å². The number of esters is 1. The van der Waals surface area contributed by atoms with Gasteiger partial charge in [-0.1, -0.05) is 13.3 Å². The van der Waals surface area contributed by atoms with Gasteiger partial charge in [0.1, 0.15) is 6.10 Å². The fourth-order valence-electron chi connectivity index (χ4n) is 2.34. The van der Waals surface area contributed by atoms with Crippen LogP contribution in [0.3, 0.4) is 0 Å².